The third kappa shape index (κ3) is 3.41. The number of anilines is 1. The molecule has 1 N–H and O–H groups in total. The van der Waals surface area contributed by atoms with Gasteiger partial charge in [0.1, 0.15) is 5.75 Å². The molecule has 0 amide bonds. The summed E-state index contributed by atoms with van der Waals surface area (Å²) < 4.78 is 5.85. The molecule has 0 bridgehead atoms. The smallest absolute Gasteiger partial charge is 0.142 e. The first-order valence-corrected chi connectivity index (χ1v) is 6.98. The van der Waals surface area contributed by atoms with E-state index in [2.05, 4.69) is 45.1 Å². The third-order valence-electron chi connectivity index (χ3n) is 3.58. The molecule has 1 unspecified atom stereocenters. The van der Waals surface area contributed by atoms with Crippen molar-refractivity contribution in [1.82, 2.24) is 0 Å². The lowest BCUT2D eigenvalue weighted by Crippen LogP contribution is -2.18. The summed E-state index contributed by atoms with van der Waals surface area (Å²) in [5.74, 6) is 0.970. The summed E-state index contributed by atoms with van der Waals surface area (Å²) in [5.41, 5.74) is 1.61. The number of hydrogen-bond acceptors (Lipinski definition) is 2. The number of para-hydroxylation sites is 2. The molecule has 1 aliphatic rings. The SMILES string of the molecule is CC(C)Oc1ccccc1NC1CCC(C)(C)C1. The molecule has 1 aromatic carbocycles. The van der Waals surface area contributed by atoms with Gasteiger partial charge >= 0.3 is 0 Å². The number of nitrogens with one attached hydrogen (secondary N) is 1. The predicted molar refractivity (Wildman–Crippen MR) is 77.2 cm³/mol. The van der Waals surface area contributed by atoms with Crippen LogP contribution >= 0.6 is 0 Å². The van der Waals surface area contributed by atoms with Crippen LogP contribution < -0.4 is 10.1 Å². The predicted octanol–water partition coefficient (Wildman–Crippen LogP) is 4.46. The molecule has 0 radical (unpaired) electrons. The van der Waals surface area contributed by atoms with Gasteiger partial charge in [-0.15, -0.1) is 0 Å². The van der Waals surface area contributed by atoms with Gasteiger partial charge in [0.15, 0.2) is 0 Å². The van der Waals surface area contributed by atoms with Crippen LogP contribution in [0.5, 0.6) is 5.75 Å². The zero-order chi connectivity index (χ0) is 13.2. The molecule has 2 nitrogen and oxygen atoms in total. The second-order valence-electron chi connectivity index (χ2n) is 6.41. The van der Waals surface area contributed by atoms with Gasteiger partial charge < -0.3 is 10.1 Å². The summed E-state index contributed by atoms with van der Waals surface area (Å²) in [7, 11) is 0. The average molecular weight is 247 g/mol. The van der Waals surface area contributed by atoms with Crippen LogP contribution in [-0.4, -0.2) is 12.1 Å². The first kappa shape index (κ1) is 13.3. The van der Waals surface area contributed by atoms with E-state index in [1.165, 1.54) is 19.3 Å². The molecule has 1 fully saturated rings. The van der Waals surface area contributed by atoms with E-state index in [4.69, 9.17) is 4.74 Å². The molecule has 1 aliphatic carbocycles. The zero-order valence-electron chi connectivity index (χ0n) is 12.0. The Morgan fingerprint density at radius 1 is 1.28 bits per heavy atom. The lowest BCUT2D eigenvalue weighted by atomic mass is 9.92. The minimum atomic E-state index is 0.216. The fraction of sp³-hybridized carbons (Fsp3) is 0.625. The van der Waals surface area contributed by atoms with Crippen molar-refractivity contribution in [2.45, 2.75) is 59.1 Å². The van der Waals surface area contributed by atoms with Crippen LogP contribution in [0.25, 0.3) is 0 Å². The number of ether oxygens (including phenoxy) is 1. The Balaban J connectivity index is 2.05. The molecule has 2 heteroatoms. The van der Waals surface area contributed by atoms with Crippen molar-refractivity contribution in [2.24, 2.45) is 5.41 Å². The number of hydrogen-bond donors (Lipinski definition) is 1. The van der Waals surface area contributed by atoms with E-state index in [9.17, 15) is 0 Å². The minimum absolute atomic E-state index is 0.216. The molecule has 1 saturated carbocycles. The van der Waals surface area contributed by atoms with E-state index in [0.717, 1.165) is 11.4 Å². The van der Waals surface area contributed by atoms with Crippen LogP contribution in [0.15, 0.2) is 24.3 Å². The van der Waals surface area contributed by atoms with Gasteiger partial charge in [-0.05, 0) is 50.7 Å². The molecule has 100 valence electrons. The minimum Gasteiger partial charge on any atom is -0.489 e. The quantitative estimate of drug-likeness (QED) is 0.848. The Labute approximate surface area is 111 Å². The molecule has 1 aromatic rings. The van der Waals surface area contributed by atoms with E-state index in [0.29, 0.717) is 11.5 Å². The highest BCUT2D eigenvalue weighted by Gasteiger charge is 2.31. The van der Waals surface area contributed by atoms with E-state index >= 15 is 0 Å². The lowest BCUT2D eigenvalue weighted by molar-refractivity contribution is 0.243. The number of rotatable bonds is 4. The zero-order valence-corrected chi connectivity index (χ0v) is 12.0. The monoisotopic (exact) mass is 247 g/mol. The van der Waals surface area contributed by atoms with Crippen molar-refractivity contribution in [3.8, 4) is 5.75 Å². The summed E-state index contributed by atoms with van der Waals surface area (Å²) in [4.78, 5) is 0. The topological polar surface area (TPSA) is 21.3 Å². The molecule has 2 rings (SSSR count). The van der Waals surface area contributed by atoms with Crippen molar-refractivity contribution >= 4 is 5.69 Å². The molecule has 18 heavy (non-hydrogen) atoms. The van der Waals surface area contributed by atoms with Crippen molar-refractivity contribution in [3.63, 3.8) is 0 Å². The van der Waals surface area contributed by atoms with E-state index in [-0.39, 0.29) is 6.10 Å². The van der Waals surface area contributed by atoms with E-state index in [1.807, 2.05) is 12.1 Å². The van der Waals surface area contributed by atoms with E-state index in [1.54, 1.807) is 0 Å². The average Bonchev–Trinajstić information content (AvgIpc) is 2.60. The Bertz CT molecular complexity index is 398. The molecular formula is C16H25NO. The molecule has 1 atom stereocenters. The second kappa shape index (κ2) is 5.21. The maximum Gasteiger partial charge on any atom is 0.142 e. The van der Waals surface area contributed by atoms with Crippen LogP contribution in [-0.2, 0) is 0 Å². The van der Waals surface area contributed by atoms with Gasteiger partial charge in [-0.2, -0.15) is 0 Å². The van der Waals surface area contributed by atoms with Gasteiger partial charge in [0, 0.05) is 6.04 Å². The molecule has 0 spiro atoms. The highest BCUT2D eigenvalue weighted by molar-refractivity contribution is 5.57. The molecule has 0 aliphatic heterocycles. The van der Waals surface area contributed by atoms with Gasteiger partial charge in [-0.25, -0.2) is 0 Å². The first-order valence-electron chi connectivity index (χ1n) is 6.98. The van der Waals surface area contributed by atoms with Crippen LogP contribution in [0.3, 0.4) is 0 Å². The molecular weight excluding hydrogens is 222 g/mol. The van der Waals surface area contributed by atoms with Crippen molar-refractivity contribution in [1.29, 1.82) is 0 Å². The summed E-state index contributed by atoms with van der Waals surface area (Å²) in [6.45, 7) is 8.83. The molecule has 0 aromatic heterocycles. The highest BCUT2D eigenvalue weighted by atomic mass is 16.5. The van der Waals surface area contributed by atoms with Gasteiger partial charge in [0.2, 0.25) is 0 Å². The van der Waals surface area contributed by atoms with Crippen molar-refractivity contribution in [3.05, 3.63) is 24.3 Å². The van der Waals surface area contributed by atoms with Gasteiger partial charge in [-0.1, -0.05) is 26.0 Å². The van der Waals surface area contributed by atoms with Gasteiger partial charge in [0.05, 0.1) is 11.8 Å². The summed E-state index contributed by atoms with van der Waals surface area (Å²) in [6, 6.07) is 8.83. The Kier molecular flexibility index (Phi) is 3.84. The van der Waals surface area contributed by atoms with E-state index < -0.39 is 0 Å². The maximum atomic E-state index is 5.85. The van der Waals surface area contributed by atoms with Crippen molar-refractivity contribution < 1.29 is 4.74 Å². The van der Waals surface area contributed by atoms with Crippen LogP contribution in [0.2, 0.25) is 0 Å². The van der Waals surface area contributed by atoms with Gasteiger partial charge in [-0.3, -0.25) is 0 Å². The fourth-order valence-corrected chi connectivity index (χ4v) is 2.72. The molecule has 0 heterocycles. The van der Waals surface area contributed by atoms with Crippen molar-refractivity contribution in [2.75, 3.05) is 5.32 Å². The Hall–Kier alpha value is -1.18. The summed E-state index contributed by atoms with van der Waals surface area (Å²) >= 11 is 0. The van der Waals surface area contributed by atoms with Gasteiger partial charge in [0.25, 0.3) is 0 Å². The van der Waals surface area contributed by atoms with Crippen LogP contribution in [0, 0.1) is 5.41 Å². The standard InChI is InChI=1S/C16H25NO/c1-12(2)18-15-8-6-5-7-14(15)17-13-9-10-16(3,4)11-13/h5-8,12-13,17H,9-11H2,1-4H3. The Morgan fingerprint density at radius 3 is 2.61 bits per heavy atom. The maximum absolute atomic E-state index is 5.85. The fourth-order valence-electron chi connectivity index (χ4n) is 2.72. The highest BCUT2D eigenvalue weighted by Crippen LogP contribution is 2.39. The summed E-state index contributed by atoms with van der Waals surface area (Å²) in [6.07, 6.45) is 4.01. The lowest BCUT2D eigenvalue weighted by Gasteiger charge is -2.21. The second-order valence-corrected chi connectivity index (χ2v) is 6.41. The molecule has 0 saturated heterocycles. The number of benzene rings is 1. The third-order valence-corrected chi connectivity index (χ3v) is 3.58. The first-order chi connectivity index (χ1) is 8.46. The van der Waals surface area contributed by atoms with Crippen LogP contribution in [0.1, 0.15) is 47.0 Å². The largest absolute Gasteiger partial charge is 0.489 e. The summed E-state index contributed by atoms with van der Waals surface area (Å²) in [5, 5.41) is 3.65. The Morgan fingerprint density at radius 2 is 2.00 bits per heavy atom. The normalized spacial score (nSPS) is 22.2. The van der Waals surface area contributed by atoms with Crippen LogP contribution in [0.4, 0.5) is 5.69 Å².